The number of aromatic nitrogens is 1. The molecular weight excluding hydrogens is 608 g/mol. The Hall–Kier alpha value is -1.08. The Bertz CT molecular complexity index is 700. The van der Waals surface area contributed by atoms with E-state index in [9.17, 15) is 9.90 Å². The van der Waals surface area contributed by atoms with Crippen LogP contribution in [0.25, 0.3) is 0 Å². The van der Waals surface area contributed by atoms with Crippen molar-refractivity contribution in [2.75, 3.05) is 22.9 Å². The van der Waals surface area contributed by atoms with E-state index in [0.717, 1.165) is 38.8 Å². The van der Waals surface area contributed by atoms with Crippen LogP contribution in [0, 0.1) is 13.3 Å². The first kappa shape index (κ1) is 25.2. The van der Waals surface area contributed by atoms with E-state index in [1.807, 2.05) is 34.6 Å². The van der Waals surface area contributed by atoms with Crippen LogP contribution in [0.15, 0.2) is 36.9 Å². The number of halogens is 2. The number of pyridine rings is 1. The molecule has 0 spiro atoms. The molecule has 3 heterocycles. The fourth-order valence-electron chi connectivity index (χ4n) is 2.74. The molecule has 4 radical (unpaired) electrons. The van der Waals surface area contributed by atoms with Crippen LogP contribution in [-0.4, -0.2) is 38.9 Å². The molecule has 0 aromatic carbocycles. The molecule has 0 unspecified atom stereocenters. The molecule has 30 heavy (non-hydrogen) atoms. The minimum absolute atomic E-state index is 0.180. The van der Waals surface area contributed by atoms with E-state index in [-0.39, 0.29) is 5.56 Å². The number of carboxylic acids is 1. The number of rotatable bonds is 9. The van der Waals surface area contributed by atoms with Crippen LogP contribution in [0.5, 0.6) is 0 Å². The fourth-order valence-corrected chi connectivity index (χ4v) is 2.74. The second-order valence-electron chi connectivity index (χ2n) is 6.55. The third-order valence-electron chi connectivity index (χ3n) is 4.31. The number of carbonyl (C=O) groups is 1. The SMILES string of the molecule is CCCCN1[C]N(c2cc(C(=O)O)cc(N3[C]N(CCCC)C=C3)n2)C=C1.[Br][Pd][Br]. The third-order valence-corrected chi connectivity index (χ3v) is 4.31. The molecule has 0 bridgehead atoms. The van der Waals surface area contributed by atoms with Crippen LogP contribution in [-0.2, 0) is 13.9 Å². The summed E-state index contributed by atoms with van der Waals surface area (Å²) in [6.45, 7) is 12.4. The summed E-state index contributed by atoms with van der Waals surface area (Å²) in [4.78, 5) is 23.6. The molecule has 0 fully saturated rings. The average molecular weight is 634 g/mol. The Morgan fingerprint density at radius 3 is 1.77 bits per heavy atom. The van der Waals surface area contributed by atoms with E-state index in [4.69, 9.17) is 0 Å². The molecule has 2 aliphatic rings. The summed E-state index contributed by atoms with van der Waals surface area (Å²) in [5.41, 5.74) is 0.180. The standard InChI is InChI=1S/C20H25N5O2.2BrH.Pd/c1-3-5-7-22-9-11-24(15-22)18-13-17(20(26)27)14-19(21-18)25-12-10-23(16-25)8-6-4-2;;;/h9-14H,3-8H2,1-2H3,(H,26,27);2*1H;/q;;;+2/p-2. The summed E-state index contributed by atoms with van der Waals surface area (Å²) < 4.78 is 0. The van der Waals surface area contributed by atoms with Gasteiger partial charge in [-0.25, -0.2) is 9.78 Å². The summed E-state index contributed by atoms with van der Waals surface area (Å²) in [5, 5.41) is 9.49. The van der Waals surface area contributed by atoms with Gasteiger partial charge in [-0.2, -0.15) is 0 Å². The van der Waals surface area contributed by atoms with Crippen LogP contribution >= 0.6 is 26.9 Å². The maximum atomic E-state index is 11.6. The molecule has 0 saturated heterocycles. The minimum atomic E-state index is -0.989. The Morgan fingerprint density at radius 1 is 0.967 bits per heavy atom. The predicted octanol–water partition coefficient (Wildman–Crippen LogP) is 5.25. The molecule has 1 aromatic heterocycles. The van der Waals surface area contributed by atoms with Gasteiger partial charge in [0.2, 0.25) is 13.3 Å². The van der Waals surface area contributed by atoms with Crippen molar-refractivity contribution in [2.24, 2.45) is 0 Å². The van der Waals surface area contributed by atoms with Gasteiger partial charge < -0.3 is 14.9 Å². The molecule has 0 amide bonds. The van der Waals surface area contributed by atoms with Gasteiger partial charge in [-0.05, 0) is 25.0 Å². The van der Waals surface area contributed by atoms with Crippen molar-refractivity contribution in [3.8, 4) is 0 Å². The van der Waals surface area contributed by atoms with Gasteiger partial charge >= 0.3 is 46.8 Å². The van der Waals surface area contributed by atoms with Gasteiger partial charge in [0, 0.05) is 37.9 Å². The van der Waals surface area contributed by atoms with Crippen LogP contribution in [0.4, 0.5) is 11.6 Å². The Labute approximate surface area is 200 Å². The topological polar surface area (TPSA) is 63.2 Å². The summed E-state index contributed by atoms with van der Waals surface area (Å²) in [5.74, 6) is 0.0432. The summed E-state index contributed by atoms with van der Waals surface area (Å²) in [6.07, 6.45) is 11.9. The fraction of sp³-hybridized carbons (Fsp3) is 0.400. The molecule has 166 valence electrons. The molecule has 2 aliphatic heterocycles. The first-order valence-electron chi connectivity index (χ1n) is 9.61. The van der Waals surface area contributed by atoms with Crippen LogP contribution in [0.1, 0.15) is 49.9 Å². The molecule has 1 N–H and O–H groups in total. The molecule has 7 nitrogen and oxygen atoms in total. The summed E-state index contributed by atoms with van der Waals surface area (Å²) in [6, 6.07) is 3.11. The Morgan fingerprint density at radius 2 is 1.40 bits per heavy atom. The van der Waals surface area contributed by atoms with Crippen molar-refractivity contribution >= 4 is 44.5 Å². The second-order valence-corrected chi connectivity index (χ2v) is 13.7. The normalized spacial score (nSPS) is 15.2. The number of carboxylic acid groups (broad SMARTS) is 1. The summed E-state index contributed by atoms with van der Waals surface area (Å²) in [7, 11) is 0. The molecule has 3 rings (SSSR count). The first-order valence-corrected chi connectivity index (χ1v) is 16.7. The molecule has 10 heteroatoms. The zero-order valence-electron chi connectivity index (χ0n) is 16.9. The van der Waals surface area contributed by atoms with E-state index >= 15 is 0 Å². The van der Waals surface area contributed by atoms with Crippen molar-refractivity contribution in [1.82, 2.24) is 14.8 Å². The second kappa shape index (κ2) is 13.4. The van der Waals surface area contributed by atoms with E-state index in [2.05, 4.69) is 59.0 Å². The quantitative estimate of drug-likeness (QED) is 0.373. The molecule has 0 aliphatic carbocycles. The van der Waals surface area contributed by atoms with E-state index in [1.165, 1.54) is 0 Å². The monoisotopic (exact) mass is 631 g/mol. The van der Waals surface area contributed by atoms with Gasteiger partial charge in [0.25, 0.3) is 0 Å². The van der Waals surface area contributed by atoms with Crippen molar-refractivity contribution < 1.29 is 23.8 Å². The van der Waals surface area contributed by atoms with Gasteiger partial charge in [0.15, 0.2) is 0 Å². The van der Waals surface area contributed by atoms with Gasteiger partial charge in [-0.15, -0.1) is 0 Å². The zero-order valence-corrected chi connectivity index (χ0v) is 21.6. The molecular formula is C20H25Br2N5O2Pd. The van der Waals surface area contributed by atoms with Crippen molar-refractivity contribution in [2.45, 2.75) is 39.5 Å². The number of unbranched alkanes of at least 4 members (excludes halogenated alkanes) is 2. The van der Waals surface area contributed by atoms with Crippen LogP contribution in [0.2, 0.25) is 0 Å². The third kappa shape index (κ3) is 7.56. The van der Waals surface area contributed by atoms with E-state index in [0.29, 0.717) is 25.6 Å². The van der Waals surface area contributed by atoms with Crippen LogP contribution < -0.4 is 9.80 Å². The Kier molecular flexibility index (Phi) is 11.2. The number of hydrogen-bond acceptors (Lipinski definition) is 6. The van der Waals surface area contributed by atoms with Gasteiger partial charge in [0.05, 0.1) is 5.56 Å². The average Bonchev–Trinajstić information content (AvgIpc) is 3.41. The zero-order chi connectivity index (χ0) is 21.9. The van der Waals surface area contributed by atoms with Gasteiger partial charge in [-0.3, -0.25) is 9.80 Å². The van der Waals surface area contributed by atoms with Gasteiger partial charge in [0.1, 0.15) is 11.6 Å². The summed E-state index contributed by atoms with van der Waals surface area (Å²) >= 11 is 6.80. The number of hydrogen-bond donors (Lipinski definition) is 1. The molecule has 0 saturated carbocycles. The van der Waals surface area contributed by atoms with Crippen molar-refractivity contribution in [1.29, 1.82) is 0 Å². The molecule has 0 atom stereocenters. The van der Waals surface area contributed by atoms with Gasteiger partial charge in [-0.1, -0.05) is 26.7 Å². The molecule has 1 aromatic rings. The predicted molar refractivity (Wildman–Crippen MR) is 122 cm³/mol. The number of nitrogens with zero attached hydrogens (tertiary/aromatic N) is 5. The van der Waals surface area contributed by atoms with Crippen molar-refractivity contribution in [3.05, 3.63) is 55.8 Å². The maximum absolute atomic E-state index is 11.6. The Balaban J connectivity index is 0.00000101. The first-order chi connectivity index (χ1) is 14.5. The van der Waals surface area contributed by atoms with E-state index < -0.39 is 5.97 Å². The number of anilines is 2. The number of aromatic carboxylic acids is 1. The van der Waals surface area contributed by atoms with Crippen LogP contribution in [0.3, 0.4) is 0 Å². The van der Waals surface area contributed by atoms with E-state index in [1.54, 1.807) is 21.9 Å². The van der Waals surface area contributed by atoms with Crippen molar-refractivity contribution in [3.63, 3.8) is 0 Å².